The predicted molar refractivity (Wildman–Crippen MR) is 70.0 cm³/mol. The van der Waals surface area contributed by atoms with Crippen LogP contribution in [-0.2, 0) is 6.18 Å². The molecule has 2 aromatic heterocycles. The number of alkyl halides is 3. The SMILES string of the molecule is Nc1c(-c2ccc(F)cc2C(F)(F)F)nc2ccccn12. The minimum atomic E-state index is -4.69. The lowest BCUT2D eigenvalue weighted by molar-refractivity contribution is -0.137. The van der Waals surface area contributed by atoms with E-state index >= 15 is 0 Å². The first-order chi connectivity index (χ1) is 9.88. The van der Waals surface area contributed by atoms with Crippen LogP contribution in [0.25, 0.3) is 16.9 Å². The fourth-order valence-electron chi connectivity index (χ4n) is 2.17. The predicted octanol–water partition coefficient (Wildman–Crippen LogP) is 3.74. The molecule has 0 aliphatic rings. The van der Waals surface area contributed by atoms with E-state index in [1.807, 2.05) is 0 Å². The number of hydrogen-bond acceptors (Lipinski definition) is 2. The number of rotatable bonds is 1. The van der Waals surface area contributed by atoms with Crippen LogP contribution in [0.2, 0.25) is 0 Å². The fourth-order valence-corrected chi connectivity index (χ4v) is 2.17. The smallest absolute Gasteiger partial charge is 0.383 e. The molecular weight excluding hydrogens is 286 g/mol. The third-order valence-electron chi connectivity index (χ3n) is 3.11. The molecule has 0 aliphatic heterocycles. The summed E-state index contributed by atoms with van der Waals surface area (Å²) < 4.78 is 53.8. The van der Waals surface area contributed by atoms with Gasteiger partial charge in [0.1, 0.15) is 23.0 Å². The van der Waals surface area contributed by atoms with Gasteiger partial charge in [0.15, 0.2) is 0 Å². The van der Waals surface area contributed by atoms with E-state index in [2.05, 4.69) is 4.98 Å². The summed E-state index contributed by atoms with van der Waals surface area (Å²) >= 11 is 0. The van der Waals surface area contributed by atoms with E-state index < -0.39 is 17.6 Å². The molecule has 0 bridgehead atoms. The van der Waals surface area contributed by atoms with Crippen molar-refractivity contribution in [1.82, 2.24) is 9.38 Å². The summed E-state index contributed by atoms with van der Waals surface area (Å²) in [5.74, 6) is -0.892. The second-order valence-electron chi connectivity index (χ2n) is 4.46. The average molecular weight is 295 g/mol. The highest BCUT2D eigenvalue weighted by Gasteiger charge is 2.35. The van der Waals surface area contributed by atoms with Crippen molar-refractivity contribution in [2.75, 3.05) is 5.73 Å². The first-order valence-corrected chi connectivity index (χ1v) is 5.97. The summed E-state index contributed by atoms with van der Waals surface area (Å²) in [5.41, 5.74) is 4.91. The van der Waals surface area contributed by atoms with Gasteiger partial charge in [-0.3, -0.25) is 4.40 Å². The Kier molecular flexibility index (Phi) is 2.86. The van der Waals surface area contributed by atoms with Crippen molar-refractivity contribution in [3.8, 4) is 11.3 Å². The molecule has 21 heavy (non-hydrogen) atoms. The molecule has 0 amide bonds. The highest BCUT2D eigenvalue weighted by molar-refractivity contribution is 5.77. The van der Waals surface area contributed by atoms with Crippen LogP contribution in [0.5, 0.6) is 0 Å². The van der Waals surface area contributed by atoms with E-state index in [1.165, 1.54) is 4.40 Å². The fraction of sp³-hybridized carbons (Fsp3) is 0.0714. The number of nitrogens with zero attached hydrogens (tertiary/aromatic N) is 2. The molecule has 0 atom stereocenters. The highest BCUT2D eigenvalue weighted by Crippen LogP contribution is 2.39. The molecule has 0 radical (unpaired) electrons. The van der Waals surface area contributed by atoms with Crippen LogP contribution in [-0.4, -0.2) is 9.38 Å². The van der Waals surface area contributed by atoms with Gasteiger partial charge in [-0.15, -0.1) is 0 Å². The number of benzene rings is 1. The van der Waals surface area contributed by atoms with Crippen molar-refractivity contribution >= 4 is 11.5 Å². The molecule has 0 unspecified atom stereocenters. The van der Waals surface area contributed by atoms with Gasteiger partial charge in [-0.1, -0.05) is 6.07 Å². The Hall–Kier alpha value is -2.57. The van der Waals surface area contributed by atoms with Gasteiger partial charge in [0.05, 0.1) is 5.56 Å². The Bertz CT molecular complexity index is 821. The summed E-state index contributed by atoms with van der Waals surface area (Å²) in [6.07, 6.45) is -3.10. The monoisotopic (exact) mass is 295 g/mol. The van der Waals surface area contributed by atoms with Crippen LogP contribution in [0.4, 0.5) is 23.4 Å². The maximum atomic E-state index is 13.1. The third-order valence-corrected chi connectivity index (χ3v) is 3.11. The zero-order valence-electron chi connectivity index (χ0n) is 10.5. The minimum Gasteiger partial charge on any atom is -0.383 e. The molecule has 0 saturated heterocycles. The highest BCUT2D eigenvalue weighted by atomic mass is 19.4. The molecule has 108 valence electrons. The second kappa shape index (κ2) is 4.47. The lowest BCUT2D eigenvalue weighted by Gasteiger charge is -2.11. The lowest BCUT2D eigenvalue weighted by atomic mass is 10.0. The van der Waals surface area contributed by atoms with Crippen molar-refractivity contribution in [2.45, 2.75) is 6.18 Å². The number of pyridine rings is 1. The number of aromatic nitrogens is 2. The number of nitrogen functional groups attached to an aromatic ring is 1. The Morgan fingerprint density at radius 1 is 1.10 bits per heavy atom. The molecule has 2 N–H and O–H groups in total. The molecule has 0 fully saturated rings. The third kappa shape index (κ3) is 2.20. The van der Waals surface area contributed by atoms with Crippen molar-refractivity contribution < 1.29 is 17.6 Å². The van der Waals surface area contributed by atoms with Gasteiger partial charge in [-0.25, -0.2) is 9.37 Å². The van der Waals surface area contributed by atoms with Gasteiger partial charge >= 0.3 is 6.18 Å². The molecule has 0 spiro atoms. The summed E-state index contributed by atoms with van der Waals surface area (Å²) in [6, 6.07) is 7.44. The van der Waals surface area contributed by atoms with Crippen LogP contribution in [0.1, 0.15) is 5.56 Å². The largest absolute Gasteiger partial charge is 0.417 e. The maximum absolute atomic E-state index is 13.1. The van der Waals surface area contributed by atoms with E-state index in [-0.39, 0.29) is 17.1 Å². The van der Waals surface area contributed by atoms with Gasteiger partial charge in [0, 0.05) is 11.8 Å². The van der Waals surface area contributed by atoms with E-state index in [4.69, 9.17) is 5.73 Å². The van der Waals surface area contributed by atoms with Gasteiger partial charge in [0.25, 0.3) is 0 Å². The number of hydrogen-bond donors (Lipinski definition) is 1. The van der Waals surface area contributed by atoms with Gasteiger partial charge in [-0.2, -0.15) is 13.2 Å². The Morgan fingerprint density at radius 3 is 2.52 bits per heavy atom. The van der Waals surface area contributed by atoms with E-state index in [0.29, 0.717) is 11.7 Å². The molecule has 3 aromatic rings. The topological polar surface area (TPSA) is 43.3 Å². The Morgan fingerprint density at radius 2 is 1.86 bits per heavy atom. The average Bonchev–Trinajstić information content (AvgIpc) is 2.76. The standard InChI is InChI=1S/C14H9F4N3/c15-8-4-5-9(10(7-8)14(16,17)18)12-13(19)21-6-2-1-3-11(21)20-12/h1-7H,19H2. The number of nitrogens with two attached hydrogens (primary N) is 1. The molecule has 1 aromatic carbocycles. The quantitative estimate of drug-likeness (QED) is 0.695. The van der Waals surface area contributed by atoms with E-state index in [9.17, 15) is 17.6 Å². The molecule has 3 rings (SSSR count). The molecule has 0 aliphatic carbocycles. The number of halogens is 4. The van der Waals surface area contributed by atoms with Gasteiger partial charge in [0.2, 0.25) is 0 Å². The number of anilines is 1. The molecule has 0 saturated carbocycles. The van der Waals surface area contributed by atoms with Crippen LogP contribution in [0.15, 0.2) is 42.6 Å². The van der Waals surface area contributed by atoms with Crippen LogP contribution >= 0.6 is 0 Å². The van der Waals surface area contributed by atoms with Crippen LogP contribution in [0, 0.1) is 5.82 Å². The van der Waals surface area contributed by atoms with Crippen LogP contribution < -0.4 is 5.73 Å². The molecule has 3 nitrogen and oxygen atoms in total. The normalized spacial score (nSPS) is 12.0. The zero-order chi connectivity index (χ0) is 15.2. The second-order valence-corrected chi connectivity index (χ2v) is 4.46. The Balaban J connectivity index is 2.31. The first kappa shape index (κ1) is 13.4. The molecule has 2 heterocycles. The van der Waals surface area contributed by atoms with Crippen molar-refractivity contribution in [3.05, 3.63) is 54.0 Å². The zero-order valence-corrected chi connectivity index (χ0v) is 10.5. The Labute approximate surface area is 116 Å². The van der Waals surface area contributed by atoms with Crippen LogP contribution in [0.3, 0.4) is 0 Å². The summed E-state index contributed by atoms with van der Waals surface area (Å²) in [5, 5.41) is 0. The minimum absolute atomic E-state index is 0.0199. The molecule has 7 heteroatoms. The van der Waals surface area contributed by atoms with Gasteiger partial charge in [-0.05, 0) is 30.3 Å². The molecular formula is C14H9F4N3. The van der Waals surface area contributed by atoms with E-state index in [1.54, 1.807) is 24.4 Å². The van der Waals surface area contributed by atoms with Gasteiger partial charge < -0.3 is 5.73 Å². The van der Waals surface area contributed by atoms with Crippen molar-refractivity contribution in [3.63, 3.8) is 0 Å². The number of fused-ring (bicyclic) bond motifs is 1. The van der Waals surface area contributed by atoms with Crippen molar-refractivity contribution in [2.24, 2.45) is 0 Å². The first-order valence-electron chi connectivity index (χ1n) is 5.97. The summed E-state index contributed by atoms with van der Waals surface area (Å²) in [7, 11) is 0. The van der Waals surface area contributed by atoms with E-state index in [0.717, 1.165) is 12.1 Å². The van der Waals surface area contributed by atoms with Crippen molar-refractivity contribution in [1.29, 1.82) is 0 Å². The summed E-state index contributed by atoms with van der Waals surface area (Å²) in [6.45, 7) is 0. The number of imidazole rings is 1. The lowest BCUT2D eigenvalue weighted by Crippen LogP contribution is -2.08. The summed E-state index contributed by atoms with van der Waals surface area (Å²) in [4.78, 5) is 4.10. The maximum Gasteiger partial charge on any atom is 0.417 e.